The van der Waals surface area contributed by atoms with E-state index in [4.69, 9.17) is 21.3 Å². The fourth-order valence-corrected chi connectivity index (χ4v) is 6.21. The number of aromatic nitrogens is 3. The molecule has 1 saturated heterocycles. The van der Waals surface area contributed by atoms with Crippen molar-refractivity contribution >= 4 is 49.7 Å². The summed E-state index contributed by atoms with van der Waals surface area (Å²) in [5.74, 6) is 0.382. The minimum Gasteiger partial charge on any atom is -0.392 e. The summed E-state index contributed by atoms with van der Waals surface area (Å²) in [5, 5.41) is 13.7. The second kappa shape index (κ2) is 11.7. The van der Waals surface area contributed by atoms with E-state index in [-0.39, 0.29) is 10.8 Å². The lowest BCUT2D eigenvalue weighted by atomic mass is 10.1. The highest BCUT2D eigenvalue weighted by atomic mass is 35.5. The smallest absolute Gasteiger partial charge is 0.232 e. The van der Waals surface area contributed by atoms with Crippen LogP contribution in [0.2, 0.25) is 5.02 Å². The number of ether oxygens (including phenoxy) is 1. The SMILES string of the molecule is CCCS(=O)(=O)Nc1cccc(-c2nc(N3CCOCC3)sc2-c2ccnc(NC[C@@H](C)O)n2)c1Cl. The molecule has 1 fully saturated rings. The number of anilines is 3. The number of hydrogen-bond acceptors (Lipinski definition) is 10. The average Bonchev–Trinajstić information content (AvgIpc) is 3.30. The molecule has 194 valence electrons. The van der Waals surface area contributed by atoms with Crippen LogP contribution in [0.5, 0.6) is 0 Å². The number of nitrogens with zero attached hydrogens (tertiary/aromatic N) is 4. The van der Waals surface area contributed by atoms with Crippen molar-refractivity contribution in [1.82, 2.24) is 15.0 Å². The summed E-state index contributed by atoms with van der Waals surface area (Å²) in [5.41, 5.74) is 2.13. The zero-order chi connectivity index (χ0) is 25.7. The van der Waals surface area contributed by atoms with Crippen molar-refractivity contribution in [3.05, 3.63) is 35.5 Å². The Bertz CT molecular complexity index is 1300. The Morgan fingerprint density at radius 3 is 2.75 bits per heavy atom. The van der Waals surface area contributed by atoms with Gasteiger partial charge in [-0.3, -0.25) is 4.72 Å². The van der Waals surface area contributed by atoms with Gasteiger partial charge in [-0.1, -0.05) is 42.0 Å². The number of hydrogen-bond donors (Lipinski definition) is 3. The largest absolute Gasteiger partial charge is 0.392 e. The second-order valence-electron chi connectivity index (χ2n) is 8.36. The summed E-state index contributed by atoms with van der Waals surface area (Å²) in [4.78, 5) is 16.7. The van der Waals surface area contributed by atoms with Crippen LogP contribution in [-0.4, -0.2) is 73.2 Å². The van der Waals surface area contributed by atoms with E-state index in [1.165, 1.54) is 11.3 Å². The van der Waals surface area contributed by atoms with Gasteiger partial charge in [0.2, 0.25) is 16.0 Å². The molecule has 3 heterocycles. The molecule has 36 heavy (non-hydrogen) atoms. The van der Waals surface area contributed by atoms with Crippen LogP contribution in [0.15, 0.2) is 30.5 Å². The highest BCUT2D eigenvalue weighted by Crippen LogP contribution is 2.44. The van der Waals surface area contributed by atoms with Gasteiger partial charge in [0.25, 0.3) is 0 Å². The topological polar surface area (TPSA) is 130 Å². The van der Waals surface area contributed by atoms with Gasteiger partial charge in [0.15, 0.2) is 5.13 Å². The molecule has 13 heteroatoms. The van der Waals surface area contributed by atoms with Crippen LogP contribution in [0.25, 0.3) is 21.8 Å². The van der Waals surface area contributed by atoms with Crippen molar-refractivity contribution in [3.8, 4) is 21.8 Å². The van der Waals surface area contributed by atoms with Crippen LogP contribution in [-0.2, 0) is 14.8 Å². The third-order valence-electron chi connectivity index (χ3n) is 5.33. The van der Waals surface area contributed by atoms with Crippen LogP contribution in [0, 0.1) is 0 Å². The molecule has 0 aliphatic carbocycles. The van der Waals surface area contributed by atoms with Gasteiger partial charge in [0.05, 0.1) is 52.0 Å². The normalized spacial score (nSPS) is 15.1. The van der Waals surface area contributed by atoms with Crippen LogP contribution < -0.4 is 14.9 Å². The quantitative estimate of drug-likeness (QED) is 0.344. The molecule has 1 atom stereocenters. The van der Waals surface area contributed by atoms with E-state index in [0.29, 0.717) is 67.9 Å². The maximum atomic E-state index is 12.4. The van der Waals surface area contributed by atoms with E-state index < -0.39 is 16.1 Å². The van der Waals surface area contributed by atoms with E-state index in [2.05, 4.69) is 24.9 Å². The zero-order valence-corrected chi connectivity index (χ0v) is 22.5. The summed E-state index contributed by atoms with van der Waals surface area (Å²) in [6.45, 7) is 6.43. The van der Waals surface area contributed by atoms with Gasteiger partial charge in [0, 0.05) is 31.4 Å². The van der Waals surface area contributed by atoms with Crippen molar-refractivity contribution in [3.63, 3.8) is 0 Å². The third-order valence-corrected chi connectivity index (χ3v) is 8.36. The van der Waals surface area contributed by atoms with Gasteiger partial charge in [-0.05, 0) is 25.5 Å². The number of aliphatic hydroxyl groups excluding tert-OH is 1. The van der Waals surface area contributed by atoms with Crippen molar-refractivity contribution in [2.75, 3.05) is 53.5 Å². The van der Waals surface area contributed by atoms with Crippen molar-refractivity contribution in [2.24, 2.45) is 0 Å². The molecule has 2 aromatic heterocycles. The van der Waals surface area contributed by atoms with Crippen LogP contribution >= 0.6 is 22.9 Å². The molecule has 0 amide bonds. The Labute approximate surface area is 219 Å². The Kier molecular flexibility index (Phi) is 8.62. The van der Waals surface area contributed by atoms with Gasteiger partial charge in [-0.15, -0.1) is 0 Å². The number of nitrogens with one attached hydrogen (secondary N) is 2. The second-order valence-corrected chi connectivity index (χ2v) is 11.6. The first-order chi connectivity index (χ1) is 17.3. The Morgan fingerprint density at radius 2 is 2.03 bits per heavy atom. The highest BCUT2D eigenvalue weighted by molar-refractivity contribution is 7.92. The number of morpholine rings is 1. The maximum absolute atomic E-state index is 12.4. The molecule has 1 aliphatic rings. The first-order valence-corrected chi connectivity index (χ1v) is 14.5. The summed E-state index contributed by atoms with van der Waals surface area (Å²) >= 11 is 8.23. The van der Waals surface area contributed by atoms with Crippen LogP contribution in [0.1, 0.15) is 20.3 Å². The molecule has 0 bridgehead atoms. The van der Waals surface area contributed by atoms with Crippen LogP contribution in [0.3, 0.4) is 0 Å². The van der Waals surface area contributed by atoms with E-state index in [1.807, 2.05) is 6.07 Å². The number of halogens is 1. The standard InChI is InChI=1S/C23H29ClN6O4S2/c1-3-13-36(32,33)29-17-6-4-5-16(19(17)24)20-21(35-23(28-20)30-9-11-34-12-10-30)18-7-8-25-22(27-18)26-14-15(2)31/h4-8,15,29,31H,3,9-14H2,1-2H3,(H,25,26,27)/t15-/m1/s1. The number of aliphatic hydroxyl groups is 1. The van der Waals surface area contributed by atoms with Crippen LogP contribution in [0.4, 0.5) is 16.8 Å². The summed E-state index contributed by atoms with van der Waals surface area (Å²) in [6.07, 6.45) is 1.58. The molecule has 0 unspecified atom stereocenters. The Hall–Kier alpha value is -2.51. The predicted molar refractivity (Wildman–Crippen MR) is 144 cm³/mol. The molecule has 3 N–H and O–H groups in total. The molecule has 3 aromatic rings. The predicted octanol–water partition coefficient (Wildman–Crippen LogP) is 3.70. The lowest BCUT2D eigenvalue weighted by molar-refractivity contribution is 0.122. The highest BCUT2D eigenvalue weighted by Gasteiger charge is 2.24. The van der Waals surface area contributed by atoms with Crippen molar-refractivity contribution in [2.45, 2.75) is 26.4 Å². The van der Waals surface area contributed by atoms with E-state index >= 15 is 0 Å². The van der Waals surface area contributed by atoms with Crippen molar-refractivity contribution < 1.29 is 18.3 Å². The molecule has 1 aliphatic heterocycles. The minimum atomic E-state index is -3.52. The Balaban J connectivity index is 1.78. The molecular formula is C23H29ClN6O4S2. The molecule has 0 saturated carbocycles. The monoisotopic (exact) mass is 552 g/mol. The Morgan fingerprint density at radius 1 is 1.25 bits per heavy atom. The summed E-state index contributed by atoms with van der Waals surface area (Å²) in [6, 6.07) is 6.99. The van der Waals surface area contributed by atoms with Crippen molar-refractivity contribution in [1.29, 1.82) is 0 Å². The van der Waals surface area contributed by atoms with E-state index in [1.54, 1.807) is 38.2 Å². The third kappa shape index (κ3) is 6.43. The molecule has 0 spiro atoms. The molecule has 0 radical (unpaired) electrons. The lowest BCUT2D eigenvalue weighted by Crippen LogP contribution is -2.36. The fraction of sp³-hybridized carbons (Fsp3) is 0.435. The summed E-state index contributed by atoms with van der Waals surface area (Å²) in [7, 11) is -3.52. The zero-order valence-electron chi connectivity index (χ0n) is 20.1. The molecule has 10 nitrogen and oxygen atoms in total. The molecule has 4 rings (SSSR count). The number of thiazole rings is 1. The first-order valence-electron chi connectivity index (χ1n) is 11.7. The van der Waals surface area contributed by atoms with Gasteiger partial charge in [-0.2, -0.15) is 0 Å². The minimum absolute atomic E-state index is 0.000143. The van der Waals surface area contributed by atoms with Gasteiger partial charge >= 0.3 is 0 Å². The summed E-state index contributed by atoms with van der Waals surface area (Å²) < 4.78 is 32.9. The first kappa shape index (κ1) is 26.6. The number of rotatable bonds is 10. The average molecular weight is 553 g/mol. The van der Waals surface area contributed by atoms with E-state index in [9.17, 15) is 13.5 Å². The van der Waals surface area contributed by atoms with E-state index in [0.717, 1.165) is 10.0 Å². The fourth-order valence-electron chi connectivity index (χ4n) is 3.65. The number of sulfonamides is 1. The van der Waals surface area contributed by atoms with Gasteiger partial charge in [0.1, 0.15) is 0 Å². The van der Waals surface area contributed by atoms with Gasteiger partial charge in [-0.25, -0.2) is 23.4 Å². The number of benzene rings is 1. The van der Waals surface area contributed by atoms with Gasteiger partial charge < -0.3 is 20.1 Å². The lowest BCUT2D eigenvalue weighted by Gasteiger charge is -2.26. The maximum Gasteiger partial charge on any atom is 0.232 e. The molecule has 1 aromatic carbocycles. The molecular weight excluding hydrogens is 524 g/mol.